The Morgan fingerprint density at radius 2 is 2.12 bits per heavy atom. The summed E-state index contributed by atoms with van der Waals surface area (Å²) in [5.74, 6) is -0.265. The number of ether oxygens (including phenoxy) is 1. The van der Waals surface area contributed by atoms with Crippen LogP contribution in [0.1, 0.15) is 16.7 Å². The number of hydrogen-bond acceptors (Lipinski definition) is 4. The summed E-state index contributed by atoms with van der Waals surface area (Å²) in [5, 5.41) is 3.03. The van der Waals surface area contributed by atoms with Gasteiger partial charge in [-0.3, -0.25) is 4.79 Å². The number of aryl methyl sites for hydroxylation is 1. The van der Waals surface area contributed by atoms with Gasteiger partial charge in [-0.25, -0.2) is 0 Å². The summed E-state index contributed by atoms with van der Waals surface area (Å²) >= 11 is 0. The van der Waals surface area contributed by atoms with E-state index in [0.717, 1.165) is 16.8 Å². The highest BCUT2D eigenvalue weighted by molar-refractivity contribution is 5.71. The lowest BCUT2D eigenvalue weighted by Crippen LogP contribution is -2.24. The standard InChI is InChI=1S/C12H18N2O2/c1-8-4-5-11(13)9(2)10(8)6-14-7-12(15)16-3/h4-5,14H,6-7,13H2,1-3H3. The first-order chi connectivity index (χ1) is 7.56. The molecule has 0 radical (unpaired) electrons. The van der Waals surface area contributed by atoms with Crippen LogP contribution in [0.25, 0.3) is 0 Å². The van der Waals surface area contributed by atoms with Crippen LogP contribution in [-0.4, -0.2) is 19.6 Å². The minimum absolute atomic E-state index is 0.212. The molecule has 4 nitrogen and oxygen atoms in total. The van der Waals surface area contributed by atoms with E-state index in [2.05, 4.69) is 10.1 Å². The quantitative estimate of drug-likeness (QED) is 0.592. The molecule has 0 heterocycles. The average molecular weight is 222 g/mol. The van der Waals surface area contributed by atoms with Gasteiger partial charge in [-0.15, -0.1) is 0 Å². The lowest BCUT2D eigenvalue weighted by molar-refractivity contribution is -0.139. The monoisotopic (exact) mass is 222 g/mol. The maximum Gasteiger partial charge on any atom is 0.319 e. The third kappa shape index (κ3) is 2.97. The first kappa shape index (κ1) is 12.5. The molecule has 0 spiro atoms. The summed E-state index contributed by atoms with van der Waals surface area (Å²) in [7, 11) is 1.38. The largest absolute Gasteiger partial charge is 0.468 e. The number of hydrogen-bond donors (Lipinski definition) is 2. The van der Waals surface area contributed by atoms with Crippen molar-refractivity contribution in [2.24, 2.45) is 0 Å². The molecule has 88 valence electrons. The Morgan fingerprint density at radius 1 is 1.44 bits per heavy atom. The predicted octanol–water partition coefficient (Wildman–Crippen LogP) is 1.15. The van der Waals surface area contributed by atoms with Crippen LogP contribution in [0.15, 0.2) is 12.1 Å². The molecule has 0 aliphatic rings. The van der Waals surface area contributed by atoms with Crippen molar-refractivity contribution >= 4 is 11.7 Å². The summed E-state index contributed by atoms with van der Waals surface area (Å²) in [6.07, 6.45) is 0. The molecule has 0 amide bonds. The third-order valence-corrected chi connectivity index (χ3v) is 2.67. The fourth-order valence-electron chi connectivity index (χ4n) is 1.54. The van der Waals surface area contributed by atoms with E-state index in [1.807, 2.05) is 26.0 Å². The van der Waals surface area contributed by atoms with Gasteiger partial charge in [-0.1, -0.05) is 6.07 Å². The van der Waals surface area contributed by atoms with Crippen LogP contribution in [0.4, 0.5) is 5.69 Å². The Kier molecular flexibility index (Phi) is 4.31. The smallest absolute Gasteiger partial charge is 0.319 e. The maximum atomic E-state index is 10.9. The van der Waals surface area contributed by atoms with E-state index in [4.69, 9.17) is 5.73 Å². The molecule has 0 unspecified atom stereocenters. The second-order valence-electron chi connectivity index (χ2n) is 3.75. The fraction of sp³-hybridized carbons (Fsp3) is 0.417. The van der Waals surface area contributed by atoms with Crippen molar-refractivity contribution in [3.05, 3.63) is 28.8 Å². The fourth-order valence-corrected chi connectivity index (χ4v) is 1.54. The van der Waals surface area contributed by atoms with Crippen LogP contribution >= 0.6 is 0 Å². The maximum absolute atomic E-state index is 10.9. The zero-order valence-corrected chi connectivity index (χ0v) is 9.96. The second kappa shape index (κ2) is 5.51. The molecular weight excluding hydrogens is 204 g/mol. The van der Waals surface area contributed by atoms with Gasteiger partial charge in [-0.05, 0) is 36.6 Å². The van der Waals surface area contributed by atoms with Gasteiger partial charge in [0, 0.05) is 12.2 Å². The van der Waals surface area contributed by atoms with Crippen LogP contribution in [0.3, 0.4) is 0 Å². The van der Waals surface area contributed by atoms with E-state index in [9.17, 15) is 4.79 Å². The van der Waals surface area contributed by atoms with Crippen molar-refractivity contribution in [2.45, 2.75) is 20.4 Å². The molecule has 0 aliphatic heterocycles. The number of carbonyl (C=O) groups excluding carboxylic acids is 1. The molecule has 1 rings (SSSR count). The van der Waals surface area contributed by atoms with Crippen LogP contribution in [0.5, 0.6) is 0 Å². The summed E-state index contributed by atoms with van der Waals surface area (Å²) in [6, 6.07) is 3.88. The number of anilines is 1. The van der Waals surface area contributed by atoms with Crippen molar-refractivity contribution in [3.63, 3.8) is 0 Å². The lowest BCUT2D eigenvalue weighted by Gasteiger charge is -2.12. The summed E-state index contributed by atoms with van der Waals surface area (Å²) in [5.41, 5.74) is 9.99. The lowest BCUT2D eigenvalue weighted by atomic mass is 10.0. The van der Waals surface area contributed by atoms with Gasteiger partial charge >= 0.3 is 5.97 Å². The molecule has 0 fully saturated rings. The Balaban J connectivity index is 2.67. The minimum atomic E-state index is -0.265. The molecule has 1 aromatic rings. The zero-order valence-electron chi connectivity index (χ0n) is 9.96. The number of nitrogen functional groups attached to an aromatic ring is 1. The van der Waals surface area contributed by atoms with Gasteiger partial charge in [0.15, 0.2) is 0 Å². The first-order valence-corrected chi connectivity index (χ1v) is 5.18. The molecular formula is C12H18N2O2. The number of rotatable bonds is 4. The molecule has 0 saturated heterocycles. The zero-order chi connectivity index (χ0) is 12.1. The van der Waals surface area contributed by atoms with Gasteiger partial charge in [0.1, 0.15) is 0 Å². The third-order valence-electron chi connectivity index (χ3n) is 2.67. The SMILES string of the molecule is COC(=O)CNCc1c(C)ccc(N)c1C. The van der Waals surface area contributed by atoms with Gasteiger partial charge in [0.2, 0.25) is 0 Å². The Morgan fingerprint density at radius 3 is 2.75 bits per heavy atom. The number of nitrogens with one attached hydrogen (secondary N) is 1. The number of carbonyl (C=O) groups is 1. The number of nitrogens with two attached hydrogens (primary N) is 1. The van der Waals surface area contributed by atoms with Gasteiger partial charge in [-0.2, -0.15) is 0 Å². The van der Waals surface area contributed by atoms with Crippen LogP contribution in [0, 0.1) is 13.8 Å². The van der Waals surface area contributed by atoms with E-state index in [0.29, 0.717) is 6.54 Å². The van der Waals surface area contributed by atoms with E-state index in [1.54, 1.807) is 0 Å². The van der Waals surface area contributed by atoms with Crippen molar-refractivity contribution < 1.29 is 9.53 Å². The minimum Gasteiger partial charge on any atom is -0.468 e. The normalized spacial score (nSPS) is 10.2. The van der Waals surface area contributed by atoms with E-state index in [-0.39, 0.29) is 12.5 Å². The topological polar surface area (TPSA) is 64.3 Å². The highest BCUT2D eigenvalue weighted by Gasteiger charge is 2.06. The molecule has 0 aromatic heterocycles. The van der Waals surface area contributed by atoms with Crippen LogP contribution in [0.2, 0.25) is 0 Å². The molecule has 0 atom stereocenters. The van der Waals surface area contributed by atoms with Crippen LogP contribution < -0.4 is 11.1 Å². The highest BCUT2D eigenvalue weighted by Crippen LogP contribution is 2.19. The summed E-state index contributed by atoms with van der Waals surface area (Å²) in [4.78, 5) is 10.9. The summed E-state index contributed by atoms with van der Waals surface area (Å²) < 4.78 is 4.55. The van der Waals surface area contributed by atoms with E-state index >= 15 is 0 Å². The highest BCUT2D eigenvalue weighted by atomic mass is 16.5. The van der Waals surface area contributed by atoms with Gasteiger partial charge in [0.25, 0.3) is 0 Å². The molecule has 0 aliphatic carbocycles. The Labute approximate surface area is 95.8 Å². The molecule has 0 bridgehead atoms. The molecule has 3 N–H and O–H groups in total. The van der Waals surface area contributed by atoms with Crippen molar-refractivity contribution in [1.82, 2.24) is 5.32 Å². The first-order valence-electron chi connectivity index (χ1n) is 5.18. The average Bonchev–Trinajstić information content (AvgIpc) is 2.28. The Bertz CT molecular complexity index is 389. The molecule has 4 heteroatoms. The predicted molar refractivity (Wildman–Crippen MR) is 64.1 cm³/mol. The van der Waals surface area contributed by atoms with Crippen LogP contribution in [-0.2, 0) is 16.1 Å². The number of benzene rings is 1. The van der Waals surface area contributed by atoms with E-state index < -0.39 is 0 Å². The summed E-state index contributed by atoms with van der Waals surface area (Å²) in [6.45, 7) is 4.85. The second-order valence-corrected chi connectivity index (χ2v) is 3.75. The van der Waals surface area contributed by atoms with Crippen molar-refractivity contribution in [2.75, 3.05) is 19.4 Å². The van der Waals surface area contributed by atoms with Gasteiger partial charge in [0.05, 0.1) is 13.7 Å². The van der Waals surface area contributed by atoms with Crippen molar-refractivity contribution in [3.8, 4) is 0 Å². The Hall–Kier alpha value is -1.55. The number of esters is 1. The number of methoxy groups -OCH3 is 1. The van der Waals surface area contributed by atoms with Crippen molar-refractivity contribution in [1.29, 1.82) is 0 Å². The van der Waals surface area contributed by atoms with E-state index in [1.165, 1.54) is 12.7 Å². The molecule has 16 heavy (non-hydrogen) atoms. The molecule has 1 aromatic carbocycles. The van der Waals surface area contributed by atoms with Gasteiger partial charge < -0.3 is 15.8 Å². The molecule has 0 saturated carbocycles.